The number of halogens is 3. The SMILES string of the molecule is CC(C)NC(=O)CSc1ccc(C(F)(F)F)cn1. The Kier molecular flexibility index (Phi) is 5.01. The summed E-state index contributed by atoms with van der Waals surface area (Å²) in [6, 6.07) is 2.25. The lowest BCUT2D eigenvalue weighted by molar-refractivity contribution is -0.137. The number of nitrogens with zero attached hydrogens (tertiary/aromatic N) is 1. The maximum atomic E-state index is 12.3. The molecule has 7 heteroatoms. The normalized spacial score (nSPS) is 11.7. The van der Waals surface area contributed by atoms with Gasteiger partial charge in [-0.3, -0.25) is 4.79 Å². The highest BCUT2D eigenvalue weighted by molar-refractivity contribution is 7.99. The van der Waals surface area contributed by atoms with Gasteiger partial charge in [-0.05, 0) is 26.0 Å². The smallest absolute Gasteiger partial charge is 0.353 e. The lowest BCUT2D eigenvalue weighted by Gasteiger charge is -2.08. The number of alkyl halides is 3. The van der Waals surface area contributed by atoms with Crippen molar-refractivity contribution in [3.8, 4) is 0 Å². The molecule has 1 amide bonds. The average Bonchev–Trinajstić information content (AvgIpc) is 2.25. The lowest BCUT2D eigenvalue weighted by Crippen LogP contribution is -2.31. The van der Waals surface area contributed by atoms with Gasteiger partial charge >= 0.3 is 6.18 Å². The van der Waals surface area contributed by atoms with Crippen LogP contribution in [0.4, 0.5) is 13.2 Å². The van der Waals surface area contributed by atoms with Crippen molar-refractivity contribution in [3.63, 3.8) is 0 Å². The van der Waals surface area contributed by atoms with E-state index in [2.05, 4.69) is 10.3 Å². The van der Waals surface area contributed by atoms with Crippen molar-refractivity contribution in [1.82, 2.24) is 10.3 Å². The number of rotatable bonds is 4. The fraction of sp³-hybridized carbons (Fsp3) is 0.455. The molecular formula is C11H13F3N2OS. The first-order valence-corrected chi connectivity index (χ1v) is 6.23. The number of hydrogen-bond acceptors (Lipinski definition) is 3. The molecule has 0 aromatic carbocycles. The van der Waals surface area contributed by atoms with Crippen LogP contribution in [0.1, 0.15) is 19.4 Å². The second-order valence-electron chi connectivity index (χ2n) is 3.89. The van der Waals surface area contributed by atoms with Crippen molar-refractivity contribution < 1.29 is 18.0 Å². The number of amides is 1. The molecule has 0 fully saturated rings. The molecule has 0 spiro atoms. The predicted octanol–water partition coefficient (Wildman–Crippen LogP) is 2.72. The van der Waals surface area contributed by atoms with Crippen molar-refractivity contribution in [2.45, 2.75) is 31.1 Å². The fourth-order valence-corrected chi connectivity index (χ4v) is 1.79. The van der Waals surface area contributed by atoms with Crippen LogP contribution in [0.15, 0.2) is 23.4 Å². The van der Waals surface area contributed by atoms with Gasteiger partial charge in [0.05, 0.1) is 16.3 Å². The van der Waals surface area contributed by atoms with E-state index in [1.54, 1.807) is 0 Å². The first kappa shape index (κ1) is 14.8. The van der Waals surface area contributed by atoms with Gasteiger partial charge in [0.1, 0.15) is 0 Å². The highest BCUT2D eigenvalue weighted by atomic mass is 32.2. The van der Waals surface area contributed by atoms with Crippen LogP contribution < -0.4 is 5.32 Å². The van der Waals surface area contributed by atoms with Gasteiger partial charge < -0.3 is 5.32 Å². The van der Waals surface area contributed by atoms with E-state index in [-0.39, 0.29) is 17.7 Å². The fourth-order valence-electron chi connectivity index (χ4n) is 1.14. The lowest BCUT2D eigenvalue weighted by atomic mass is 10.3. The molecule has 0 radical (unpaired) electrons. The molecular weight excluding hydrogens is 265 g/mol. The predicted molar refractivity (Wildman–Crippen MR) is 63.2 cm³/mol. The summed E-state index contributed by atoms with van der Waals surface area (Å²) < 4.78 is 36.8. The first-order valence-electron chi connectivity index (χ1n) is 5.24. The van der Waals surface area contributed by atoms with E-state index in [0.29, 0.717) is 5.03 Å². The molecule has 18 heavy (non-hydrogen) atoms. The summed E-state index contributed by atoms with van der Waals surface area (Å²) in [7, 11) is 0. The van der Waals surface area contributed by atoms with Gasteiger partial charge in [0.25, 0.3) is 0 Å². The van der Waals surface area contributed by atoms with Gasteiger partial charge in [-0.15, -0.1) is 0 Å². The summed E-state index contributed by atoms with van der Waals surface area (Å²) in [4.78, 5) is 15.0. The number of nitrogens with one attached hydrogen (secondary N) is 1. The highest BCUT2D eigenvalue weighted by Gasteiger charge is 2.30. The van der Waals surface area contributed by atoms with E-state index in [4.69, 9.17) is 0 Å². The van der Waals surface area contributed by atoms with E-state index >= 15 is 0 Å². The maximum Gasteiger partial charge on any atom is 0.417 e. The minimum absolute atomic E-state index is 0.0404. The van der Waals surface area contributed by atoms with E-state index in [0.717, 1.165) is 24.0 Å². The van der Waals surface area contributed by atoms with Crippen molar-refractivity contribution >= 4 is 17.7 Å². The summed E-state index contributed by atoms with van der Waals surface area (Å²) >= 11 is 1.10. The molecule has 0 saturated heterocycles. The van der Waals surface area contributed by atoms with Crippen molar-refractivity contribution in [3.05, 3.63) is 23.9 Å². The second kappa shape index (κ2) is 6.08. The molecule has 0 aliphatic carbocycles. The monoisotopic (exact) mass is 278 g/mol. The third-order valence-electron chi connectivity index (χ3n) is 1.86. The number of pyridine rings is 1. The quantitative estimate of drug-likeness (QED) is 0.861. The Balaban J connectivity index is 2.52. The average molecular weight is 278 g/mol. The van der Waals surface area contributed by atoms with E-state index in [1.165, 1.54) is 6.07 Å². The molecule has 0 saturated carbocycles. The van der Waals surface area contributed by atoms with E-state index < -0.39 is 11.7 Å². The topological polar surface area (TPSA) is 42.0 Å². The van der Waals surface area contributed by atoms with Gasteiger partial charge in [-0.25, -0.2) is 4.98 Å². The summed E-state index contributed by atoms with van der Waals surface area (Å²) in [6.45, 7) is 3.66. The Labute approximate surface area is 107 Å². The first-order chi connectivity index (χ1) is 8.29. The number of aromatic nitrogens is 1. The van der Waals surface area contributed by atoms with Crippen LogP contribution >= 0.6 is 11.8 Å². The third kappa shape index (κ3) is 4.95. The molecule has 1 aromatic rings. The minimum atomic E-state index is -4.38. The largest absolute Gasteiger partial charge is 0.417 e. The summed E-state index contributed by atoms with van der Waals surface area (Å²) in [5, 5.41) is 3.07. The number of carbonyl (C=O) groups is 1. The van der Waals surface area contributed by atoms with Crippen LogP contribution in [0.2, 0.25) is 0 Å². The number of thioether (sulfide) groups is 1. The van der Waals surface area contributed by atoms with Crippen molar-refractivity contribution in [2.24, 2.45) is 0 Å². The van der Waals surface area contributed by atoms with Gasteiger partial charge in [0.2, 0.25) is 5.91 Å². The Morgan fingerprint density at radius 3 is 2.56 bits per heavy atom. The van der Waals surface area contributed by atoms with Crippen LogP contribution in [-0.4, -0.2) is 22.7 Å². The Morgan fingerprint density at radius 2 is 2.11 bits per heavy atom. The molecule has 3 nitrogen and oxygen atoms in total. The maximum absolute atomic E-state index is 12.3. The zero-order valence-electron chi connectivity index (χ0n) is 9.91. The molecule has 0 aliphatic heterocycles. The van der Waals surface area contributed by atoms with Crippen LogP contribution in [0.5, 0.6) is 0 Å². The van der Waals surface area contributed by atoms with Gasteiger partial charge in [0.15, 0.2) is 0 Å². The van der Waals surface area contributed by atoms with Crippen LogP contribution in [0.25, 0.3) is 0 Å². The Morgan fingerprint density at radius 1 is 1.44 bits per heavy atom. The standard InChI is InChI=1S/C11H13F3N2OS/c1-7(2)16-9(17)6-18-10-4-3-8(5-15-10)11(12,13)14/h3-5,7H,6H2,1-2H3,(H,16,17). The van der Waals surface area contributed by atoms with E-state index in [1.807, 2.05) is 13.8 Å². The van der Waals surface area contributed by atoms with Gasteiger partial charge in [-0.1, -0.05) is 11.8 Å². The number of carbonyl (C=O) groups excluding carboxylic acids is 1. The van der Waals surface area contributed by atoms with Crippen LogP contribution in [0, 0.1) is 0 Å². The highest BCUT2D eigenvalue weighted by Crippen LogP contribution is 2.29. The molecule has 0 unspecified atom stereocenters. The number of hydrogen-bond donors (Lipinski definition) is 1. The molecule has 1 heterocycles. The molecule has 1 rings (SSSR count). The molecule has 0 atom stereocenters. The van der Waals surface area contributed by atoms with Gasteiger partial charge in [0, 0.05) is 12.2 Å². The summed E-state index contributed by atoms with van der Waals surface area (Å²) in [5.74, 6) is -0.0343. The third-order valence-corrected chi connectivity index (χ3v) is 2.81. The molecule has 1 aromatic heterocycles. The molecule has 0 aliphatic rings. The summed E-state index contributed by atoms with van der Waals surface area (Å²) in [5.41, 5.74) is -0.793. The Bertz CT molecular complexity index is 404. The molecule has 1 N–H and O–H groups in total. The van der Waals surface area contributed by atoms with Gasteiger partial charge in [-0.2, -0.15) is 13.2 Å². The molecule has 0 bridgehead atoms. The van der Waals surface area contributed by atoms with Crippen molar-refractivity contribution in [2.75, 3.05) is 5.75 Å². The summed E-state index contributed by atoms with van der Waals surface area (Å²) in [6.07, 6.45) is -3.62. The minimum Gasteiger partial charge on any atom is -0.353 e. The zero-order valence-corrected chi connectivity index (χ0v) is 10.7. The van der Waals surface area contributed by atoms with Crippen LogP contribution in [-0.2, 0) is 11.0 Å². The Hall–Kier alpha value is -1.24. The molecule has 100 valence electrons. The second-order valence-corrected chi connectivity index (χ2v) is 4.89. The van der Waals surface area contributed by atoms with Crippen LogP contribution in [0.3, 0.4) is 0 Å². The van der Waals surface area contributed by atoms with Crippen molar-refractivity contribution in [1.29, 1.82) is 0 Å². The van der Waals surface area contributed by atoms with E-state index in [9.17, 15) is 18.0 Å². The zero-order chi connectivity index (χ0) is 13.8.